The summed E-state index contributed by atoms with van der Waals surface area (Å²) in [5, 5.41) is 9.26. The smallest absolute Gasteiger partial charge is 0.426 e. The lowest BCUT2D eigenvalue weighted by Gasteiger charge is -2.22. The van der Waals surface area contributed by atoms with E-state index < -0.39 is 46.1 Å². The van der Waals surface area contributed by atoms with Crippen molar-refractivity contribution >= 4 is 18.0 Å². The van der Waals surface area contributed by atoms with Gasteiger partial charge in [0.15, 0.2) is 5.69 Å². The second kappa shape index (κ2) is 9.06. The van der Waals surface area contributed by atoms with Crippen molar-refractivity contribution in [1.82, 2.24) is 4.68 Å². The Bertz CT molecular complexity index is 776. The highest BCUT2D eigenvalue weighted by Gasteiger charge is 2.28. The highest BCUT2D eigenvalue weighted by atomic mass is 16.6. The summed E-state index contributed by atoms with van der Waals surface area (Å²) in [5.41, 5.74) is -0.773. The lowest BCUT2D eigenvalue weighted by atomic mass is 10.2. The summed E-state index contributed by atoms with van der Waals surface area (Å²) < 4.78 is 15.8. The lowest BCUT2D eigenvalue weighted by molar-refractivity contribution is 0.0568. The van der Waals surface area contributed by atoms with Gasteiger partial charge in [-0.1, -0.05) is 13.3 Å². The summed E-state index contributed by atoms with van der Waals surface area (Å²) in [6.07, 6.45) is 1.15. The molecule has 0 bridgehead atoms. The van der Waals surface area contributed by atoms with Crippen molar-refractivity contribution in [3.63, 3.8) is 0 Å². The van der Waals surface area contributed by atoms with E-state index in [-0.39, 0.29) is 6.61 Å². The molecular weight excluding hydrogens is 360 g/mol. The van der Waals surface area contributed by atoms with Crippen LogP contribution in [0.15, 0.2) is 11.0 Å². The van der Waals surface area contributed by atoms with Gasteiger partial charge in [0.25, 0.3) is 0 Å². The van der Waals surface area contributed by atoms with Crippen molar-refractivity contribution in [3.8, 4) is 5.75 Å². The Balaban J connectivity index is 3.53. The zero-order valence-electron chi connectivity index (χ0n) is 16.0. The molecule has 0 spiro atoms. The standard InChI is InChI=1S/C17H24N2O8/c1-6-7-8-26-13-11(15(23)25-5)19(9-10(12(13)20)14(21)22)18-16(24)27-17(2,3)4/h9H,6-8H2,1-5H3,(H,18,24)(H,21,22). The molecule has 2 N–H and O–H groups in total. The Hall–Kier alpha value is -3.04. The number of methoxy groups -OCH3 is 1. The molecule has 1 aromatic rings. The number of esters is 1. The average Bonchev–Trinajstić information content (AvgIpc) is 2.54. The average molecular weight is 384 g/mol. The molecule has 10 heteroatoms. The predicted octanol–water partition coefficient (Wildman–Crippen LogP) is 1.99. The Kier molecular flexibility index (Phi) is 7.38. The van der Waals surface area contributed by atoms with Crippen LogP contribution in [0.4, 0.5) is 4.79 Å². The van der Waals surface area contributed by atoms with Crippen LogP contribution in [0, 0.1) is 0 Å². The quantitative estimate of drug-likeness (QED) is 0.538. The molecule has 0 saturated carbocycles. The van der Waals surface area contributed by atoms with Crippen LogP contribution >= 0.6 is 0 Å². The number of hydrogen-bond acceptors (Lipinski definition) is 7. The third-order valence-electron chi connectivity index (χ3n) is 3.13. The first kappa shape index (κ1) is 22.0. The van der Waals surface area contributed by atoms with Gasteiger partial charge in [-0.25, -0.2) is 24.5 Å². The van der Waals surface area contributed by atoms with Crippen LogP contribution < -0.4 is 15.6 Å². The molecule has 0 saturated heterocycles. The summed E-state index contributed by atoms with van der Waals surface area (Å²) in [4.78, 5) is 48.1. The first-order chi connectivity index (χ1) is 12.5. The number of carbonyl (C=O) groups is 3. The largest absolute Gasteiger partial charge is 0.487 e. The van der Waals surface area contributed by atoms with Crippen molar-refractivity contribution in [1.29, 1.82) is 0 Å². The fourth-order valence-corrected chi connectivity index (χ4v) is 1.97. The number of rotatable bonds is 7. The molecule has 1 amide bonds. The number of amides is 1. The van der Waals surface area contributed by atoms with Crippen LogP contribution in [-0.4, -0.2) is 47.1 Å². The van der Waals surface area contributed by atoms with Gasteiger partial charge < -0.3 is 19.3 Å². The van der Waals surface area contributed by atoms with E-state index in [9.17, 15) is 24.3 Å². The maximum Gasteiger partial charge on any atom is 0.426 e. The van der Waals surface area contributed by atoms with E-state index in [0.717, 1.165) is 24.4 Å². The minimum atomic E-state index is -1.54. The number of nitrogens with one attached hydrogen (secondary N) is 1. The van der Waals surface area contributed by atoms with Crippen LogP contribution in [0.5, 0.6) is 5.75 Å². The van der Waals surface area contributed by atoms with Gasteiger partial charge in [0.05, 0.1) is 13.7 Å². The Morgan fingerprint density at radius 3 is 2.37 bits per heavy atom. The van der Waals surface area contributed by atoms with E-state index in [1.807, 2.05) is 6.92 Å². The van der Waals surface area contributed by atoms with Gasteiger partial charge in [-0.15, -0.1) is 0 Å². The molecular formula is C17H24N2O8. The molecule has 0 unspecified atom stereocenters. The summed E-state index contributed by atoms with van der Waals surface area (Å²) in [6, 6.07) is 0. The van der Waals surface area contributed by atoms with Crippen molar-refractivity contribution < 1.29 is 33.7 Å². The van der Waals surface area contributed by atoms with Crippen molar-refractivity contribution in [2.45, 2.75) is 46.1 Å². The molecule has 0 aliphatic carbocycles. The highest BCUT2D eigenvalue weighted by Crippen LogP contribution is 2.17. The van der Waals surface area contributed by atoms with E-state index >= 15 is 0 Å². The van der Waals surface area contributed by atoms with Gasteiger partial charge in [0.1, 0.15) is 11.2 Å². The van der Waals surface area contributed by atoms with Gasteiger partial charge in [-0.05, 0) is 27.2 Å². The van der Waals surface area contributed by atoms with Gasteiger partial charge in [-0.2, -0.15) is 0 Å². The third kappa shape index (κ3) is 6.01. The minimum Gasteiger partial charge on any atom is -0.487 e. The topological polar surface area (TPSA) is 133 Å². The Labute approximate surface area is 156 Å². The van der Waals surface area contributed by atoms with Gasteiger partial charge in [-0.3, -0.25) is 4.79 Å². The van der Waals surface area contributed by atoms with Crippen LogP contribution in [0.3, 0.4) is 0 Å². The molecule has 0 radical (unpaired) electrons. The monoisotopic (exact) mass is 384 g/mol. The van der Waals surface area contributed by atoms with Crippen molar-refractivity contribution in [3.05, 3.63) is 27.7 Å². The lowest BCUT2D eigenvalue weighted by Crippen LogP contribution is -2.36. The van der Waals surface area contributed by atoms with Crippen molar-refractivity contribution in [2.75, 3.05) is 19.1 Å². The van der Waals surface area contributed by atoms with Gasteiger partial charge >= 0.3 is 18.0 Å². The summed E-state index contributed by atoms with van der Waals surface area (Å²) in [7, 11) is 1.07. The minimum absolute atomic E-state index is 0.0746. The van der Waals surface area contributed by atoms with E-state index in [1.54, 1.807) is 20.8 Å². The summed E-state index contributed by atoms with van der Waals surface area (Å²) in [5.74, 6) is -3.06. The molecule has 0 fully saturated rings. The summed E-state index contributed by atoms with van der Waals surface area (Å²) >= 11 is 0. The first-order valence-corrected chi connectivity index (χ1v) is 8.25. The molecule has 0 atom stereocenters. The number of ether oxygens (including phenoxy) is 3. The molecule has 27 heavy (non-hydrogen) atoms. The number of aromatic carboxylic acids is 1. The number of pyridine rings is 1. The molecule has 1 rings (SSSR count). The molecule has 1 heterocycles. The molecule has 1 aromatic heterocycles. The van der Waals surface area contributed by atoms with Crippen molar-refractivity contribution in [2.24, 2.45) is 0 Å². The predicted molar refractivity (Wildman–Crippen MR) is 95.0 cm³/mol. The zero-order valence-corrected chi connectivity index (χ0v) is 16.0. The number of hydrogen-bond donors (Lipinski definition) is 2. The SMILES string of the molecule is CCCCOc1c(C(=O)OC)n(NC(=O)OC(C)(C)C)cc(C(=O)O)c1=O. The highest BCUT2D eigenvalue weighted by molar-refractivity contribution is 5.94. The Morgan fingerprint density at radius 2 is 1.89 bits per heavy atom. The molecule has 150 valence electrons. The van der Waals surface area contributed by atoms with Gasteiger partial charge in [0.2, 0.25) is 11.2 Å². The number of aromatic nitrogens is 1. The molecule has 0 aliphatic rings. The Morgan fingerprint density at radius 1 is 1.26 bits per heavy atom. The molecule has 0 aliphatic heterocycles. The number of carboxylic acids is 1. The second-order valence-corrected chi connectivity index (χ2v) is 6.53. The number of carbonyl (C=O) groups excluding carboxylic acids is 2. The van der Waals surface area contributed by atoms with Crippen LogP contribution in [0.2, 0.25) is 0 Å². The van der Waals surface area contributed by atoms with Crippen LogP contribution in [0.1, 0.15) is 61.4 Å². The first-order valence-electron chi connectivity index (χ1n) is 8.25. The molecule has 10 nitrogen and oxygen atoms in total. The van der Waals surface area contributed by atoms with Crippen LogP contribution in [-0.2, 0) is 9.47 Å². The second-order valence-electron chi connectivity index (χ2n) is 6.53. The van der Waals surface area contributed by atoms with Gasteiger partial charge in [0, 0.05) is 6.20 Å². The van der Waals surface area contributed by atoms with E-state index in [0.29, 0.717) is 6.42 Å². The maximum absolute atomic E-state index is 12.4. The number of unbranched alkanes of at least 4 members (excludes halogenated alkanes) is 1. The number of nitrogens with zero attached hydrogens (tertiary/aromatic N) is 1. The normalized spacial score (nSPS) is 10.9. The summed E-state index contributed by atoms with van der Waals surface area (Å²) in [6.45, 7) is 6.84. The third-order valence-corrected chi connectivity index (χ3v) is 3.13. The maximum atomic E-state index is 12.4. The fourth-order valence-electron chi connectivity index (χ4n) is 1.97. The molecule has 0 aromatic carbocycles. The van der Waals surface area contributed by atoms with E-state index in [1.165, 1.54) is 0 Å². The fraction of sp³-hybridized carbons (Fsp3) is 0.529. The van der Waals surface area contributed by atoms with Crippen LogP contribution in [0.25, 0.3) is 0 Å². The number of carboxylic acid groups (broad SMARTS) is 1. The van der Waals surface area contributed by atoms with E-state index in [2.05, 4.69) is 10.2 Å². The van der Waals surface area contributed by atoms with E-state index in [4.69, 9.17) is 9.47 Å². The zero-order chi connectivity index (χ0) is 20.8.